The van der Waals surface area contributed by atoms with E-state index in [0.29, 0.717) is 0 Å². The second-order valence-electron chi connectivity index (χ2n) is 4.59. The van der Waals surface area contributed by atoms with Gasteiger partial charge in [0.15, 0.2) is 0 Å². The Kier molecular flexibility index (Phi) is 4.16. The minimum Gasteiger partial charge on any atom is -0.349 e. The summed E-state index contributed by atoms with van der Waals surface area (Å²) in [7, 11) is 0. The molecule has 2 aromatic heterocycles. The van der Waals surface area contributed by atoms with Crippen LogP contribution in [0.2, 0.25) is 0 Å². The third-order valence-corrected chi connectivity index (χ3v) is 3.53. The van der Waals surface area contributed by atoms with E-state index in [1.165, 1.54) is 5.56 Å². The molecule has 1 atom stereocenters. The molecule has 2 rings (SSSR count). The van der Waals surface area contributed by atoms with Gasteiger partial charge in [-0.3, -0.25) is 9.59 Å². The summed E-state index contributed by atoms with van der Waals surface area (Å²) in [5.41, 5.74) is 1.74. The lowest BCUT2D eigenvalue weighted by molar-refractivity contribution is 0.0938. The van der Waals surface area contributed by atoms with Gasteiger partial charge in [0.1, 0.15) is 5.56 Å². The van der Waals surface area contributed by atoms with Crippen molar-refractivity contribution in [2.24, 2.45) is 0 Å². The predicted octanol–water partition coefficient (Wildman–Crippen LogP) is 2.11. The van der Waals surface area contributed by atoms with Gasteiger partial charge in [-0.1, -0.05) is 0 Å². The second kappa shape index (κ2) is 5.84. The van der Waals surface area contributed by atoms with Crippen LogP contribution >= 0.6 is 11.3 Å². The van der Waals surface area contributed by atoms with Crippen molar-refractivity contribution in [3.63, 3.8) is 0 Å². The van der Waals surface area contributed by atoms with Gasteiger partial charge in [-0.25, -0.2) is 0 Å². The maximum Gasteiger partial charge on any atom is 0.260 e. The number of thiophene rings is 1. The summed E-state index contributed by atoms with van der Waals surface area (Å²) in [6.45, 7) is 3.71. The topological polar surface area (TPSA) is 62.0 Å². The minimum absolute atomic E-state index is 0.0113. The van der Waals surface area contributed by atoms with Gasteiger partial charge < -0.3 is 10.3 Å². The minimum atomic E-state index is -0.347. The number of pyridine rings is 1. The fourth-order valence-corrected chi connectivity index (χ4v) is 2.55. The molecule has 0 spiro atoms. The van der Waals surface area contributed by atoms with Crippen LogP contribution in [0.1, 0.15) is 28.5 Å². The molecule has 2 aromatic rings. The maximum atomic E-state index is 12.0. The lowest BCUT2D eigenvalue weighted by Gasteiger charge is -2.12. The highest BCUT2D eigenvalue weighted by Gasteiger charge is 2.13. The monoisotopic (exact) mass is 276 g/mol. The van der Waals surface area contributed by atoms with Crippen LogP contribution in [-0.2, 0) is 6.42 Å². The van der Waals surface area contributed by atoms with Crippen molar-refractivity contribution in [2.45, 2.75) is 26.3 Å². The van der Waals surface area contributed by atoms with E-state index in [9.17, 15) is 9.59 Å². The lowest BCUT2D eigenvalue weighted by atomic mass is 10.1. The zero-order valence-corrected chi connectivity index (χ0v) is 11.7. The Morgan fingerprint density at radius 3 is 2.84 bits per heavy atom. The molecule has 100 valence electrons. The van der Waals surface area contributed by atoms with Crippen molar-refractivity contribution in [3.8, 4) is 0 Å². The Labute approximate surface area is 115 Å². The molecule has 0 saturated carbocycles. The number of amides is 1. The van der Waals surface area contributed by atoms with Gasteiger partial charge in [-0.2, -0.15) is 11.3 Å². The summed E-state index contributed by atoms with van der Waals surface area (Å²) in [5, 5.41) is 6.91. The van der Waals surface area contributed by atoms with E-state index in [1.54, 1.807) is 30.4 Å². The molecule has 5 heteroatoms. The highest BCUT2D eigenvalue weighted by molar-refractivity contribution is 7.07. The summed E-state index contributed by atoms with van der Waals surface area (Å²) < 4.78 is 0. The summed E-state index contributed by atoms with van der Waals surface area (Å²) in [6, 6.07) is 5.30. The fraction of sp³-hybridized carbons (Fsp3) is 0.286. The Morgan fingerprint density at radius 2 is 2.21 bits per heavy atom. The third-order valence-electron chi connectivity index (χ3n) is 2.80. The van der Waals surface area contributed by atoms with Gasteiger partial charge in [0, 0.05) is 11.7 Å². The van der Waals surface area contributed by atoms with E-state index in [2.05, 4.69) is 15.7 Å². The van der Waals surface area contributed by atoms with Crippen LogP contribution in [0.3, 0.4) is 0 Å². The molecule has 0 saturated heterocycles. The zero-order valence-electron chi connectivity index (χ0n) is 10.9. The number of rotatable bonds is 4. The number of hydrogen-bond acceptors (Lipinski definition) is 3. The first kappa shape index (κ1) is 13.5. The van der Waals surface area contributed by atoms with Gasteiger partial charge in [0.2, 0.25) is 0 Å². The predicted molar refractivity (Wildman–Crippen MR) is 76.8 cm³/mol. The summed E-state index contributed by atoms with van der Waals surface area (Å²) in [6.07, 6.45) is 0.763. The molecule has 2 heterocycles. The van der Waals surface area contributed by atoms with E-state index in [0.717, 1.165) is 12.1 Å². The van der Waals surface area contributed by atoms with E-state index in [1.807, 2.05) is 18.4 Å². The summed E-state index contributed by atoms with van der Waals surface area (Å²) in [4.78, 5) is 26.3. The van der Waals surface area contributed by atoms with Gasteiger partial charge in [0.25, 0.3) is 11.5 Å². The SMILES string of the molecule is Cc1ccc(C(=O)NC(C)Cc2ccsc2)c(=O)[nH]1. The number of H-pyrrole nitrogens is 1. The van der Waals surface area contributed by atoms with Gasteiger partial charge in [0.05, 0.1) is 0 Å². The average molecular weight is 276 g/mol. The van der Waals surface area contributed by atoms with Crippen molar-refractivity contribution in [1.29, 1.82) is 0 Å². The number of aromatic nitrogens is 1. The normalized spacial score (nSPS) is 12.1. The van der Waals surface area contributed by atoms with Crippen molar-refractivity contribution < 1.29 is 4.79 Å². The molecular formula is C14H16N2O2S. The van der Waals surface area contributed by atoms with E-state index in [4.69, 9.17) is 0 Å². The highest BCUT2D eigenvalue weighted by Crippen LogP contribution is 2.08. The fourth-order valence-electron chi connectivity index (χ4n) is 1.87. The maximum absolute atomic E-state index is 12.0. The van der Waals surface area contributed by atoms with E-state index < -0.39 is 0 Å². The Morgan fingerprint density at radius 1 is 1.42 bits per heavy atom. The number of aromatic amines is 1. The highest BCUT2D eigenvalue weighted by atomic mass is 32.1. The molecule has 0 aliphatic rings. The van der Waals surface area contributed by atoms with Crippen LogP contribution < -0.4 is 10.9 Å². The second-order valence-corrected chi connectivity index (χ2v) is 5.37. The molecule has 0 aromatic carbocycles. The van der Waals surface area contributed by atoms with Gasteiger partial charge in [-0.05, 0) is 54.8 Å². The third kappa shape index (κ3) is 3.54. The molecule has 1 unspecified atom stereocenters. The van der Waals surface area contributed by atoms with E-state index >= 15 is 0 Å². The number of nitrogens with one attached hydrogen (secondary N) is 2. The standard InChI is InChI=1S/C14H16N2O2S/c1-9-3-4-12(13(17)15-9)14(18)16-10(2)7-11-5-6-19-8-11/h3-6,8,10H,7H2,1-2H3,(H,15,17)(H,16,18). The molecular weight excluding hydrogens is 260 g/mol. The van der Waals surface area contributed by atoms with Crippen LogP contribution in [0.15, 0.2) is 33.8 Å². The van der Waals surface area contributed by atoms with Crippen LogP contribution in [0.4, 0.5) is 0 Å². The van der Waals surface area contributed by atoms with Gasteiger partial charge >= 0.3 is 0 Å². The number of carbonyl (C=O) groups excluding carboxylic acids is 1. The number of aryl methyl sites for hydroxylation is 1. The largest absolute Gasteiger partial charge is 0.349 e. The van der Waals surface area contributed by atoms with E-state index in [-0.39, 0.29) is 23.1 Å². The molecule has 2 N–H and O–H groups in total. The van der Waals surface area contributed by atoms with Crippen LogP contribution in [-0.4, -0.2) is 16.9 Å². The Hall–Kier alpha value is -1.88. The molecule has 0 bridgehead atoms. The molecule has 0 fully saturated rings. The van der Waals surface area contributed by atoms with Crippen LogP contribution in [0.25, 0.3) is 0 Å². The molecule has 0 aliphatic carbocycles. The first-order valence-electron chi connectivity index (χ1n) is 6.08. The quantitative estimate of drug-likeness (QED) is 0.898. The molecule has 4 nitrogen and oxygen atoms in total. The summed E-state index contributed by atoms with van der Waals surface area (Å²) in [5.74, 6) is -0.330. The lowest BCUT2D eigenvalue weighted by Crippen LogP contribution is -2.37. The number of carbonyl (C=O) groups is 1. The Bertz CT molecular complexity index is 617. The van der Waals surface area contributed by atoms with Crippen molar-refractivity contribution in [1.82, 2.24) is 10.3 Å². The Balaban J connectivity index is 2.02. The molecule has 19 heavy (non-hydrogen) atoms. The first-order chi connectivity index (χ1) is 9.06. The first-order valence-corrected chi connectivity index (χ1v) is 7.02. The van der Waals surface area contributed by atoms with Crippen molar-refractivity contribution >= 4 is 17.2 Å². The number of hydrogen-bond donors (Lipinski definition) is 2. The molecule has 1 amide bonds. The van der Waals surface area contributed by atoms with Crippen molar-refractivity contribution in [2.75, 3.05) is 0 Å². The van der Waals surface area contributed by atoms with Crippen molar-refractivity contribution in [3.05, 3.63) is 56.1 Å². The summed E-state index contributed by atoms with van der Waals surface area (Å²) >= 11 is 1.63. The van der Waals surface area contributed by atoms with Crippen LogP contribution in [0, 0.1) is 6.92 Å². The van der Waals surface area contributed by atoms with Gasteiger partial charge in [-0.15, -0.1) is 0 Å². The molecule has 0 aliphatic heterocycles. The zero-order chi connectivity index (χ0) is 13.8. The molecule has 0 radical (unpaired) electrons. The van der Waals surface area contributed by atoms with Crippen LogP contribution in [0.5, 0.6) is 0 Å². The average Bonchev–Trinajstić information content (AvgIpc) is 2.81. The smallest absolute Gasteiger partial charge is 0.260 e.